The molecule has 0 saturated heterocycles. The van der Waals surface area contributed by atoms with E-state index >= 15 is 0 Å². The summed E-state index contributed by atoms with van der Waals surface area (Å²) in [4.78, 5) is 25.2. The van der Waals surface area contributed by atoms with Gasteiger partial charge in [0.15, 0.2) is 0 Å². The van der Waals surface area contributed by atoms with E-state index in [1.165, 1.54) is 10.6 Å². The van der Waals surface area contributed by atoms with Crippen molar-refractivity contribution in [2.45, 2.75) is 13.5 Å². The number of hydrogen-bond donors (Lipinski definition) is 1. The van der Waals surface area contributed by atoms with Crippen LogP contribution < -0.4 is 11.2 Å². The van der Waals surface area contributed by atoms with E-state index in [0.29, 0.717) is 17.3 Å². The second-order valence-electron chi connectivity index (χ2n) is 3.58. The van der Waals surface area contributed by atoms with Crippen LogP contribution in [0, 0.1) is 0 Å². The van der Waals surface area contributed by atoms with Gasteiger partial charge in [-0.05, 0) is 24.6 Å². The summed E-state index contributed by atoms with van der Waals surface area (Å²) in [6, 6.07) is 8.46. The van der Waals surface area contributed by atoms with Crippen molar-refractivity contribution in [3.63, 3.8) is 0 Å². The molecule has 4 nitrogen and oxygen atoms in total. The van der Waals surface area contributed by atoms with Crippen molar-refractivity contribution >= 4 is 11.6 Å². The third-order valence-corrected chi connectivity index (χ3v) is 2.71. The molecule has 1 heterocycles. The van der Waals surface area contributed by atoms with E-state index in [1.54, 1.807) is 18.2 Å². The summed E-state index contributed by atoms with van der Waals surface area (Å²) in [6.45, 7) is 2.32. The summed E-state index contributed by atoms with van der Waals surface area (Å²) in [5, 5.41) is 0.567. The monoisotopic (exact) mass is 250 g/mol. The Balaban J connectivity index is 2.74. The number of nitrogens with one attached hydrogen (secondary N) is 1. The molecule has 0 radical (unpaired) electrons. The first-order valence-electron chi connectivity index (χ1n) is 5.22. The molecule has 0 unspecified atom stereocenters. The zero-order valence-corrected chi connectivity index (χ0v) is 9.99. The van der Waals surface area contributed by atoms with Gasteiger partial charge in [0.1, 0.15) is 0 Å². The molecule has 0 bridgehead atoms. The minimum absolute atomic E-state index is 0.407. The Morgan fingerprint density at radius 1 is 1.29 bits per heavy atom. The first-order valence-corrected chi connectivity index (χ1v) is 5.59. The van der Waals surface area contributed by atoms with Crippen LogP contribution >= 0.6 is 11.6 Å². The molecule has 1 aromatic heterocycles. The number of benzene rings is 1. The largest absolute Gasteiger partial charge is 0.328 e. The van der Waals surface area contributed by atoms with Crippen molar-refractivity contribution in [1.29, 1.82) is 0 Å². The molecule has 0 aliphatic carbocycles. The standard InChI is InChI=1S/C12H11ClN2O2/c1-2-15-10(7-11(16)14-12(15)17)8-4-3-5-9(13)6-8/h3-7H,2H2,1H3,(H,14,16,17). The summed E-state index contributed by atoms with van der Waals surface area (Å²) in [5.41, 5.74) is 0.510. The number of aromatic amines is 1. The van der Waals surface area contributed by atoms with Crippen LogP contribution in [0.15, 0.2) is 39.9 Å². The Kier molecular flexibility index (Phi) is 3.15. The van der Waals surface area contributed by atoms with Crippen LogP contribution in [0.2, 0.25) is 5.02 Å². The van der Waals surface area contributed by atoms with E-state index in [-0.39, 0.29) is 0 Å². The highest BCUT2D eigenvalue weighted by Gasteiger charge is 2.07. The maximum Gasteiger partial charge on any atom is 0.328 e. The Labute approximate surface area is 102 Å². The van der Waals surface area contributed by atoms with Crippen molar-refractivity contribution in [2.24, 2.45) is 0 Å². The topological polar surface area (TPSA) is 54.9 Å². The normalized spacial score (nSPS) is 10.5. The van der Waals surface area contributed by atoms with Gasteiger partial charge in [-0.1, -0.05) is 23.7 Å². The van der Waals surface area contributed by atoms with E-state index in [0.717, 1.165) is 5.56 Å². The molecule has 2 aromatic rings. The number of aromatic nitrogens is 2. The highest BCUT2D eigenvalue weighted by atomic mass is 35.5. The molecule has 0 amide bonds. The lowest BCUT2D eigenvalue weighted by atomic mass is 10.1. The SMILES string of the molecule is CCn1c(-c2cccc(Cl)c2)cc(=O)[nH]c1=O. The summed E-state index contributed by atoms with van der Waals surface area (Å²) < 4.78 is 1.49. The first kappa shape index (κ1) is 11.7. The molecule has 17 heavy (non-hydrogen) atoms. The Morgan fingerprint density at radius 2 is 2.06 bits per heavy atom. The van der Waals surface area contributed by atoms with E-state index in [1.807, 2.05) is 13.0 Å². The van der Waals surface area contributed by atoms with Gasteiger partial charge in [0.05, 0.1) is 5.69 Å². The van der Waals surface area contributed by atoms with Crippen molar-refractivity contribution in [2.75, 3.05) is 0 Å². The van der Waals surface area contributed by atoms with Gasteiger partial charge < -0.3 is 0 Å². The van der Waals surface area contributed by atoms with Crippen LogP contribution in [-0.2, 0) is 6.54 Å². The molecule has 1 N–H and O–H groups in total. The van der Waals surface area contributed by atoms with E-state index in [4.69, 9.17) is 11.6 Å². The Hall–Kier alpha value is -1.81. The molecule has 0 spiro atoms. The highest BCUT2D eigenvalue weighted by molar-refractivity contribution is 6.30. The van der Waals surface area contributed by atoms with E-state index in [9.17, 15) is 9.59 Å². The van der Waals surface area contributed by atoms with Gasteiger partial charge in [-0.25, -0.2) is 4.79 Å². The second-order valence-corrected chi connectivity index (χ2v) is 4.02. The summed E-state index contributed by atoms with van der Waals surface area (Å²) in [7, 11) is 0. The lowest BCUT2D eigenvalue weighted by Crippen LogP contribution is -2.30. The molecular weight excluding hydrogens is 240 g/mol. The molecule has 2 rings (SSSR count). The van der Waals surface area contributed by atoms with Gasteiger partial charge in [-0.15, -0.1) is 0 Å². The van der Waals surface area contributed by atoms with Crippen LogP contribution in [0.1, 0.15) is 6.92 Å². The Bertz CT molecular complexity index is 658. The van der Waals surface area contributed by atoms with Crippen molar-refractivity contribution < 1.29 is 0 Å². The fraction of sp³-hybridized carbons (Fsp3) is 0.167. The quantitative estimate of drug-likeness (QED) is 0.885. The smallest absolute Gasteiger partial charge is 0.294 e. The van der Waals surface area contributed by atoms with E-state index < -0.39 is 11.2 Å². The van der Waals surface area contributed by atoms with Gasteiger partial charge in [0, 0.05) is 17.6 Å². The average molecular weight is 251 g/mol. The number of hydrogen-bond acceptors (Lipinski definition) is 2. The minimum Gasteiger partial charge on any atom is -0.294 e. The van der Waals surface area contributed by atoms with Crippen LogP contribution in [0.25, 0.3) is 11.3 Å². The van der Waals surface area contributed by atoms with Gasteiger partial charge in [0.25, 0.3) is 5.56 Å². The maximum atomic E-state index is 11.6. The summed E-state index contributed by atoms with van der Waals surface area (Å²) >= 11 is 5.90. The number of halogens is 1. The van der Waals surface area contributed by atoms with Crippen LogP contribution in [0.3, 0.4) is 0 Å². The fourth-order valence-corrected chi connectivity index (χ4v) is 1.91. The van der Waals surface area contributed by atoms with Crippen LogP contribution in [0.4, 0.5) is 0 Å². The minimum atomic E-state index is -0.408. The molecular formula is C12H11ClN2O2. The van der Waals surface area contributed by atoms with Gasteiger partial charge in [-0.2, -0.15) is 0 Å². The highest BCUT2D eigenvalue weighted by Crippen LogP contribution is 2.20. The number of nitrogens with zero attached hydrogens (tertiary/aromatic N) is 1. The van der Waals surface area contributed by atoms with Crippen molar-refractivity contribution in [1.82, 2.24) is 9.55 Å². The summed E-state index contributed by atoms with van der Waals surface area (Å²) in [6.07, 6.45) is 0. The molecule has 0 fully saturated rings. The lowest BCUT2D eigenvalue weighted by molar-refractivity contribution is 0.702. The third-order valence-electron chi connectivity index (χ3n) is 2.47. The summed E-state index contributed by atoms with van der Waals surface area (Å²) in [5.74, 6) is 0. The third kappa shape index (κ3) is 2.31. The zero-order chi connectivity index (χ0) is 12.4. The molecule has 88 valence electrons. The molecule has 1 aromatic carbocycles. The van der Waals surface area contributed by atoms with Crippen molar-refractivity contribution in [3.05, 3.63) is 56.2 Å². The maximum absolute atomic E-state index is 11.6. The lowest BCUT2D eigenvalue weighted by Gasteiger charge is -2.09. The molecule has 5 heteroatoms. The average Bonchev–Trinajstić information content (AvgIpc) is 2.28. The van der Waals surface area contributed by atoms with Gasteiger partial charge in [-0.3, -0.25) is 14.3 Å². The number of H-pyrrole nitrogens is 1. The fourth-order valence-electron chi connectivity index (χ4n) is 1.72. The molecule has 0 aliphatic heterocycles. The number of rotatable bonds is 2. The second kappa shape index (κ2) is 4.59. The first-order chi connectivity index (χ1) is 8.11. The van der Waals surface area contributed by atoms with Crippen LogP contribution in [-0.4, -0.2) is 9.55 Å². The van der Waals surface area contributed by atoms with E-state index in [2.05, 4.69) is 4.98 Å². The van der Waals surface area contributed by atoms with Crippen LogP contribution in [0.5, 0.6) is 0 Å². The van der Waals surface area contributed by atoms with Crippen molar-refractivity contribution in [3.8, 4) is 11.3 Å². The zero-order valence-electron chi connectivity index (χ0n) is 9.24. The van der Waals surface area contributed by atoms with Gasteiger partial charge in [0.2, 0.25) is 0 Å². The van der Waals surface area contributed by atoms with Gasteiger partial charge >= 0.3 is 5.69 Å². The molecule has 0 saturated carbocycles. The molecule has 0 aliphatic rings. The Morgan fingerprint density at radius 3 is 2.71 bits per heavy atom. The molecule has 0 atom stereocenters. The predicted molar refractivity (Wildman–Crippen MR) is 67.4 cm³/mol. The predicted octanol–water partition coefficient (Wildman–Crippen LogP) is 1.88.